The number of fused-ring (bicyclic) bond motifs is 1. The molecule has 1 aromatic heterocycles. The molecule has 0 saturated carbocycles. The van der Waals surface area contributed by atoms with E-state index in [-0.39, 0.29) is 30.0 Å². The lowest BCUT2D eigenvalue weighted by molar-refractivity contribution is 0.689. The molecule has 0 fully saturated rings. The summed E-state index contributed by atoms with van der Waals surface area (Å²) in [5.41, 5.74) is 1.27. The van der Waals surface area contributed by atoms with Crippen molar-refractivity contribution in [3.05, 3.63) is 64.1 Å². The molecule has 0 bridgehead atoms. The minimum atomic E-state index is 0. The number of hydrogen-bond donors (Lipinski definition) is 2. The molecule has 2 aromatic carbocycles. The second-order valence-corrected chi connectivity index (χ2v) is 7.13. The standard InChI is InChI=1S/C20H24N4S.HI/c1-4-16-12-22-19(25-16)13-23-20(21-3)24-14(2)17-11-7-9-15-8-5-6-10-18(15)17;/h5-12,14H,4,13H2,1-3H3,(H2,21,23,24);1H. The Kier molecular flexibility index (Phi) is 7.84. The van der Waals surface area contributed by atoms with Crippen LogP contribution in [0.15, 0.2) is 53.7 Å². The Balaban J connectivity index is 0.00000243. The van der Waals surface area contributed by atoms with Gasteiger partial charge in [-0.1, -0.05) is 49.4 Å². The van der Waals surface area contributed by atoms with Crippen LogP contribution in [0.1, 0.15) is 35.3 Å². The van der Waals surface area contributed by atoms with E-state index < -0.39 is 0 Å². The Morgan fingerprint density at radius 1 is 1.19 bits per heavy atom. The fourth-order valence-electron chi connectivity index (χ4n) is 2.86. The third-order valence-corrected chi connectivity index (χ3v) is 5.37. The average molecular weight is 480 g/mol. The van der Waals surface area contributed by atoms with E-state index in [9.17, 15) is 0 Å². The first-order valence-electron chi connectivity index (χ1n) is 8.59. The van der Waals surface area contributed by atoms with E-state index in [1.165, 1.54) is 21.2 Å². The summed E-state index contributed by atoms with van der Waals surface area (Å²) in [7, 11) is 1.80. The number of nitrogens with zero attached hydrogens (tertiary/aromatic N) is 2. The predicted octanol–water partition coefficient (Wildman–Crippen LogP) is 4.90. The molecule has 0 saturated heterocycles. The van der Waals surface area contributed by atoms with Crippen LogP contribution in [0.4, 0.5) is 0 Å². The molecule has 3 aromatic rings. The van der Waals surface area contributed by atoms with Gasteiger partial charge in [0.15, 0.2) is 5.96 Å². The van der Waals surface area contributed by atoms with Crippen molar-refractivity contribution in [3.63, 3.8) is 0 Å². The van der Waals surface area contributed by atoms with Crippen molar-refractivity contribution in [2.24, 2.45) is 4.99 Å². The van der Waals surface area contributed by atoms with Crippen molar-refractivity contribution >= 4 is 52.0 Å². The third-order valence-electron chi connectivity index (χ3n) is 4.22. The summed E-state index contributed by atoms with van der Waals surface area (Å²) in [5, 5.41) is 10.4. The molecule has 26 heavy (non-hydrogen) atoms. The summed E-state index contributed by atoms with van der Waals surface area (Å²) in [6.07, 6.45) is 2.99. The second-order valence-electron chi connectivity index (χ2n) is 5.93. The fourth-order valence-corrected chi connectivity index (χ4v) is 3.66. The molecule has 1 unspecified atom stereocenters. The SMILES string of the molecule is CCc1cnc(CNC(=NC)NC(C)c2cccc3ccccc23)s1.I. The van der Waals surface area contributed by atoms with Gasteiger partial charge in [0, 0.05) is 18.1 Å². The van der Waals surface area contributed by atoms with Gasteiger partial charge in [0.25, 0.3) is 0 Å². The summed E-state index contributed by atoms with van der Waals surface area (Å²) in [5.74, 6) is 0.786. The second kappa shape index (κ2) is 9.87. The third kappa shape index (κ3) is 4.94. The Bertz CT molecular complexity index is 870. The monoisotopic (exact) mass is 480 g/mol. The van der Waals surface area contributed by atoms with Gasteiger partial charge in [-0.25, -0.2) is 4.98 Å². The highest BCUT2D eigenvalue weighted by molar-refractivity contribution is 14.0. The van der Waals surface area contributed by atoms with Crippen LogP contribution in [0.25, 0.3) is 10.8 Å². The van der Waals surface area contributed by atoms with Crippen LogP contribution in [0, 0.1) is 0 Å². The topological polar surface area (TPSA) is 49.3 Å². The molecule has 0 amide bonds. The van der Waals surface area contributed by atoms with E-state index in [2.05, 4.69) is 76.9 Å². The van der Waals surface area contributed by atoms with Crippen LogP contribution in [0.3, 0.4) is 0 Å². The minimum Gasteiger partial charge on any atom is -0.350 e. The first-order chi connectivity index (χ1) is 12.2. The van der Waals surface area contributed by atoms with Crippen molar-refractivity contribution < 1.29 is 0 Å². The maximum Gasteiger partial charge on any atom is 0.191 e. The Hall–Kier alpha value is -1.67. The van der Waals surface area contributed by atoms with E-state index in [0.717, 1.165) is 17.4 Å². The molecule has 0 spiro atoms. The van der Waals surface area contributed by atoms with Gasteiger partial charge in [0.2, 0.25) is 0 Å². The van der Waals surface area contributed by atoms with E-state index in [1.807, 2.05) is 6.20 Å². The highest BCUT2D eigenvalue weighted by Gasteiger charge is 2.11. The lowest BCUT2D eigenvalue weighted by Gasteiger charge is -2.19. The maximum atomic E-state index is 4.44. The van der Waals surface area contributed by atoms with E-state index in [0.29, 0.717) is 6.54 Å². The molecule has 0 radical (unpaired) electrons. The number of benzene rings is 2. The first-order valence-corrected chi connectivity index (χ1v) is 9.41. The summed E-state index contributed by atoms with van der Waals surface area (Å²) in [6, 6.07) is 15.0. The van der Waals surface area contributed by atoms with Gasteiger partial charge in [0.05, 0.1) is 12.6 Å². The van der Waals surface area contributed by atoms with Gasteiger partial charge in [-0.05, 0) is 29.7 Å². The van der Waals surface area contributed by atoms with Crippen LogP contribution in [-0.4, -0.2) is 18.0 Å². The van der Waals surface area contributed by atoms with Crippen LogP contribution in [0.2, 0.25) is 0 Å². The van der Waals surface area contributed by atoms with Crippen LogP contribution in [-0.2, 0) is 13.0 Å². The number of guanidine groups is 1. The molecule has 138 valence electrons. The van der Waals surface area contributed by atoms with Crippen LogP contribution < -0.4 is 10.6 Å². The van der Waals surface area contributed by atoms with Gasteiger partial charge < -0.3 is 10.6 Å². The van der Waals surface area contributed by atoms with Gasteiger partial charge in [-0.15, -0.1) is 35.3 Å². The zero-order valence-electron chi connectivity index (χ0n) is 15.3. The fraction of sp³-hybridized carbons (Fsp3) is 0.300. The molecule has 1 heterocycles. The lowest BCUT2D eigenvalue weighted by Crippen LogP contribution is -2.38. The maximum absolute atomic E-state index is 4.44. The van der Waals surface area contributed by atoms with Gasteiger partial charge in [-0.3, -0.25) is 4.99 Å². The van der Waals surface area contributed by atoms with E-state index >= 15 is 0 Å². The summed E-state index contributed by atoms with van der Waals surface area (Å²) in [6.45, 7) is 5.00. The highest BCUT2D eigenvalue weighted by Crippen LogP contribution is 2.24. The lowest BCUT2D eigenvalue weighted by atomic mass is 10.00. The number of rotatable bonds is 5. The highest BCUT2D eigenvalue weighted by atomic mass is 127. The van der Waals surface area contributed by atoms with Crippen molar-refractivity contribution in [3.8, 4) is 0 Å². The quantitative estimate of drug-likeness (QED) is 0.310. The zero-order chi connectivity index (χ0) is 17.6. The molecule has 4 nitrogen and oxygen atoms in total. The number of hydrogen-bond acceptors (Lipinski definition) is 3. The molecule has 0 aliphatic carbocycles. The van der Waals surface area contributed by atoms with Gasteiger partial charge >= 0.3 is 0 Å². The number of aryl methyl sites for hydroxylation is 1. The van der Waals surface area contributed by atoms with Gasteiger partial charge in [-0.2, -0.15) is 0 Å². The summed E-state index contributed by atoms with van der Waals surface area (Å²) < 4.78 is 0. The number of halogens is 1. The number of nitrogens with one attached hydrogen (secondary N) is 2. The molecular formula is C20H25IN4S. The summed E-state index contributed by atoms with van der Waals surface area (Å²) >= 11 is 1.75. The minimum absolute atomic E-state index is 0. The van der Waals surface area contributed by atoms with Crippen molar-refractivity contribution in [1.82, 2.24) is 15.6 Å². The molecule has 0 aliphatic heterocycles. The normalized spacial score (nSPS) is 12.5. The van der Waals surface area contributed by atoms with Crippen LogP contribution in [0.5, 0.6) is 0 Å². The Morgan fingerprint density at radius 3 is 2.69 bits per heavy atom. The number of thiazole rings is 1. The predicted molar refractivity (Wildman–Crippen MR) is 123 cm³/mol. The van der Waals surface area contributed by atoms with E-state index in [1.54, 1.807) is 18.4 Å². The number of aliphatic imine (C=N–C) groups is 1. The molecule has 3 rings (SSSR count). The Labute approximate surface area is 176 Å². The van der Waals surface area contributed by atoms with E-state index in [4.69, 9.17) is 0 Å². The number of aromatic nitrogens is 1. The molecule has 0 aliphatic rings. The molecular weight excluding hydrogens is 455 g/mol. The average Bonchev–Trinajstić information content (AvgIpc) is 3.12. The zero-order valence-corrected chi connectivity index (χ0v) is 18.5. The summed E-state index contributed by atoms with van der Waals surface area (Å²) in [4.78, 5) is 10.1. The van der Waals surface area contributed by atoms with Crippen molar-refractivity contribution in [2.45, 2.75) is 32.9 Å². The largest absolute Gasteiger partial charge is 0.350 e. The van der Waals surface area contributed by atoms with Crippen molar-refractivity contribution in [1.29, 1.82) is 0 Å². The van der Waals surface area contributed by atoms with Crippen LogP contribution >= 0.6 is 35.3 Å². The first kappa shape index (κ1) is 20.6. The van der Waals surface area contributed by atoms with Gasteiger partial charge in [0.1, 0.15) is 5.01 Å². The molecule has 6 heteroatoms. The smallest absolute Gasteiger partial charge is 0.191 e. The molecule has 1 atom stereocenters. The molecule has 2 N–H and O–H groups in total. The van der Waals surface area contributed by atoms with Crippen molar-refractivity contribution in [2.75, 3.05) is 7.05 Å². The Morgan fingerprint density at radius 2 is 1.96 bits per heavy atom.